The first kappa shape index (κ1) is 11.4. The molecular formula is C11H10BrN3S. The second-order valence-electron chi connectivity index (χ2n) is 3.18. The van der Waals surface area contributed by atoms with Gasteiger partial charge in [0.25, 0.3) is 0 Å². The molecule has 1 aromatic carbocycles. The molecule has 0 aliphatic heterocycles. The lowest BCUT2D eigenvalue weighted by atomic mass is 10.4. The van der Waals surface area contributed by atoms with Gasteiger partial charge >= 0.3 is 0 Å². The molecule has 0 saturated heterocycles. The predicted molar refractivity (Wildman–Crippen MR) is 70.1 cm³/mol. The van der Waals surface area contributed by atoms with E-state index in [1.54, 1.807) is 24.2 Å². The number of hydrogen-bond donors (Lipinski definition) is 1. The highest BCUT2D eigenvalue weighted by atomic mass is 79.9. The Labute approximate surface area is 107 Å². The van der Waals surface area contributed by atoms with Crippen molar-refractivity contribution in [1.29, 1.82) is 0 Å². The third-order valence-corrected chi connectivity index (χ3v) is 3.37. The Kier molecular flexibility index (Phi) is 3.79. The van der Waals surface area contributed by atoms with Gasteiger partial charge in [-0.05, 0) is 18.2 Å². The summed E-state index contributed by atoms with van der Waals surface area (Å²) in [5.74, 6) is 1.54. The van der Waals surface area contributed by atoms with Crippen LogP contribution in [0.3, 0.4) is 0 Å². The third kappa shape index (κ3) is 3.21. The zero-order chi connectivity index (χ0) is 11.4. The van der Waals surface area contributed by atoms with Crippen molar-refractivity contribution in [2.45, 2.75) is 10.6 Å². The number of nitrogens with two attached hydrogens (primary N) is 1. The molecule has 0 radical (unpaired) electrons. The van der Waals surface area contributed by atoms with Gasteiger partial charge in [-0.3, -0.25) is 0 Å². The Morgan fingerprint density at radius 3 is 2.69 bits per heavy atom. The van der Waals surface area contributed by atoms with Gasteiger partial charge in [0.05, 0.1) is 23.8 Å². The molecule has 0 amide bonds. The molecule has 0 saturated carbocycles. The first-order valence-corrected chi connectivity index (χ1v) is 6.46. The van der Waals surface area contributed by atoms with Gasteiger partial charge in [0, 0.05) is 9.37 Å². The van der Waals surface area contributed by atoms with Gasteiger partial charge in [0.1, 0.15) is 5.82 Å². The third-order valence-electron chi connectivity index (χ3n) is 1.89. The van der Waals surface area contributed by atoms with Crippen LogP contribution in [0.5, 0.6) is 0 Å². The second kappa shape index (κ2) is 5.32. The van der Waals surface area contributed by atoms with E-state index in [0.29, 0.717) is 5.69 Å². The molecule has 0 bridgehead atoms. The predicted octanol–water partition coefficient (Wildman–Crippen LogP) is 3.11. The normalized spacial score (nSPS) is 10.3. The molecule has 0 aliphatic carbocycles. The van der Waals surface area contributed by atoms with Crippen LogP contribution in [0.25, 0.3) is 0 Å². The zero-order valence-electron chi connectivity index (χ0n) is 8.43. The van der Waals surface area contributed by atoms with Gasteiger partial charge in [-0.2, -0.15) is 0 Å². The molecule has 2 rings (SSSR count). The van der Waals surface area contributed by atoms with Crippen LogP contribution in [-0.2, 0) is 5.75 Å². The van der Waals surface area contributed by atoms with Crippen molar-refractivity contribution in [2.75, 3.05) is 5.73 Å². The molecule has 82 valence electrons. The van der Waals surface area contributed by atoms with Crippen LogP contribution in [-0.4, -0.2) is 9.97 Å². The van der Waals surface area contributed by atoms with Crippen LogP contribution in [0.1, 0.15) is 5.82 Å². The van der Waals surface area contributed by atoms with Crippen molar-refractivity contribution in [3.63, 3.8) is 0 Å². The van der Waals surface area contributed by atoms with Gasteiger partial charge < -0.3 is 5.73 Å². The summed E-state index contributed by atoms with van der Waals surface area (Å²) >= 11 is 5.13. The van der Waals surface area contributed by atoms with Gasteiger partial charge in [0.2, 0.25) is 0 Å². The number of hydrogen-bond acceptors (Lipinski definition) is 4. The average Bonchev–Trinajstić information content (AvgIpc) is 2.28. The van der Waals surface area contributed by atoms with E-state index in [0.717, 1.165) is 16.0 Å². The van der Waals surface area contributed by atoms with Crippen molar-refractivity contribution >= 4 is 33.4 Å². The minimum Gasteiger partial charge on any atom is -0.396 e. The fourth-order valence-corrected chi connectivity index (χ4v) is 2.52. The van der Waals surface area contributed by atoms with Crippen molar-refractivity contribution in [2.24, 2.45) is 0 Å². The van der Waals surface area contributed by atoms with Gasteiger partial charge in [-0.15, -0.1) is 11.8 Å². The van der Waals surface area contributed by atoms with Gasteiger partial charge in [0.15, 0.2) is 0 Å². The quantitative estimate of drug-likeness (QED) is 0.884. The van der Waals surface area contributed by atoms with Gasteiger partial charge in [-0.25, -0.2) is 9.97 Å². The highest BCUT2D eigenvalue weighted by molar-refractivity contribution is 9.10. The molecule has 0 aliphatic rings. The summed E-state index contributed by atoms with van der Waals surface area (Å²) in [6, 6.07) is 8.15. The van der Waals surface area contributed by atoms with Gasteiger partial charge in [-0.1, -0.05) is 22.0 Å². The van der Waals surface area contributed by atoms with E-state index in [9.17, 15) is 0 Å². The largest absolute Gasteiger partial charge is 0.396 e. The minimum atomic E-state index is 0.594. The molecule has 3 nitrogen and oxygen atoms in total. The van der Waals surface area contributed by atoms with E-state index in [-0.39, 0.29) is 0 Å². The summed E-state index contributed by atoms with van der Waals surface area (Å²) in [5.41, 5.74) is 6.11. The lowest BCUT2D eigenvalue weighted by molar-refractivity contribution is 1.04. The molecule has 1 heterocycles. The van der Waals surface area contributed by atoms with E-state index in [2.05, 4.69) is 38.0 Å². The average molecular weight is 296 g/mol. The topological polar surface area (TPSA) is 51.8 Å². The van der Waals surface area contributed by atoms with E-state index < -0.39 is 0 Å². The molecular weight excluding hydrogens is 286 g/mol. The molecule has 0 atom stereocenters. The SMILES string of the molecule is Nc1cnc(CSc2cccc(Br)c2)nc1. The lowest BCUT2D eigenvalue weighted by Crippen LogP contribution is -1.94. The number of anilines is 1. The van der Waals surface area contributed by atoms with Crippen LogP contribution in [0.2, 0.25) is 0 Å². The van der Waals surface area contributed by atoms with Crippen LogP contribution in [0.15, 0.2) is 46.0 Å². The van der Waals surface area contributed by atoms with Crippen molar-refractivity contribution in [1.82, 2.24) is 9.97 Å². The van der Waals surface area contributed by atoms with Crippen molar-refractivity contribution < 1.29 is 0 Å². The summed E-state index contributed by atoms with van der Waals surface area (Å²) < 4.78 is 1.08. The number of halogens is 1. The first-order chi connectivity index (χ1) is 7.74. The maximum Gasteiger partial charge on any atom is 0.138 e. The molecule has 0 spiro atoms. The summed E-state index contributed by atoms with van der Waals surface area (Å²) in [6.07, 6.45) is 3.26. The van der Waals surface area contributed by atoms with Crippen molar-refractivity contribution in [3.05, 3.63) is 47.0 Å². The highest BCUT2D eigenvalue weighted by Gasteiger charge is 1.99. The molecule has 1 aromatic heterocycles. The monoisotopic (exact) mass is 295 g/mol. The van der Waals surface area contributed by atoms with E-state index in [4.69, 9.17) is 5.73 Å². The molecule has 2 N–H and O–H groups in total. The van der Waals surface area contributed by atoms with E-state index in [1.807, 2.05) is 12.1 Å². The highest BCUT2D eigenvalue weighted by Crippen LogP contribution is 2.24. The molecule has 2 aromatic rings. The van der Waals surface area contributed by atoms with E-state index >= 15 is 0 Å². The maximum absolute atomic E-state index is 5.52. The molecule has 5 heteroatoms. The number of nitrogens with zero attached hydrogens (tertiary/aromatic N) is 2. The summed E-state index contributed by atoms with van der Waals surface area (Å²) in [4.78, 5) is 9.48. The van der Waals surface area contributed by atoms with Crippen LogP contribution < -0.4 is 5.73 Å². The Morgan fingerprint density at radius 1 is 1.25 bits per heavy atom. The number of benzene rings is 1. The van der Waals surface area contributed by atoms with Crippen LogP contribution in [0.4, 0.5) is 5.69 Å². The maximum atomic E-state index is 5.52. The second-order valence-corrected chi connectivity index (χ2v) is 5.14. The summed E-state index contributed by atoms with van der Waals surface area (Å²) in [6.45, 7) is 0. The fourth-order valence-electron chi connectivity index (χ4n) is 1.14. The Morgan fingerprint density at radius 2 is 2.00 bits per heavy atom. The number of rotatable bonds is 3. The molecule has 0 unspecified atom stereocenters. The first-order valence-electron chi connectivity index (χ1n) is 4.69. The molecule has 0 fully saturated rings. The number of nitrogen functional groups attached to an aromatic ring is 1. The summed E-state index contributed by atoms with van der Waals surface area (Å²) in [5, 5.41) is 0. The standard InChI is InChI=1S/C11H10BrN3S/c12-8-2-1-3-10(4-8)16-7-11-14-5-9(13)6-15-11/h1-6H,7,13H2. The lowest BCUT2D eigenvalue weighted by Gasteiger charge is -2.01. The van der Waals surface area contributed by atoms with Crippen molar-refractivity contribution in [3.8, 4) is 0 Å². The molecule has 16 heavy (non-hydrogen) atoms. The Balaban J connectivity index is 1.99. The Bertz CT molecular complexity index is 473. The minimum absolute atomic E-state index is 0.594. The zero-order valence-corrected chi connectivity index (χ0v) is 10.8. The number of thioether (sulfide) groups is 1. The smallest absolute Gasteiger partial charge is 0.138 e. The van der Waals surface area contributed by atoms with Crippen LogP contribution >= 0.6 is 27.7 Å². The number of aromatic nitrogens is 2. The van der Waals surface area contributed by atoms with Crippen LogP contribution in [0, 0.1) is 0 Å². The Hall–Kier alpha value is -1.07. The summed E-state index contributed by atoms with van der Waals surface area (Å²) in [7, 11) is 0. The fraction of sp³-hybridized carbons (Fsp3) is 0.0909. The van der Waals surface area contributed by atoms with E-state index in [1.165, 1.54) is 4.90 Å².